The summed E-state index contributed by atoms with van der Waals surface area (Å²) < 4.78 is 11.1. The van der Waals surface area contributed by atoms with E-state index in [1.54, 1.807) is 17.4 Å². The fraction of sp³-hybridized carbons (Fsp3) is 0.483. The number of carbonyl (C=O) groups is 2. The zero-order chi connectivity index (χ0) is 27.2. The van der Waals surface area contributed by atoms with Crippen LogP contribution in [-0.4, -0.2) is 61.2 Å². The van der Waals surface area contributed by atoms with Gasteiger partial charge in [-0.25, -0.2) is 9.78 Å². The lowest BCUT2D eigenvalue weighted by molar-refractivity contribution is -0.145. The van der Waals surface area contributed by atoms with Gasteiger partial charge in [-0.05, 0) is 60.2 Å². The molecule has 0 aliphatic carbocycles. The van der Waals surface area contributed by atoms with Crippen LogP contribution in [0.2, 0.25) is 0 Å². The number of nitrogens with two attached hydrogens (primary N) is 1. The summed E-state index contributed by atoms with van der Waals surface area (Å²) in [4.78, 5) is 31.5. The van der Waals surface area contributed by atoms with Gasteiger partial charge in [-0.15, -0.1) is 11.3 Å². The molecule has 0 saturated heterocycles. The van der Waals surface area contributed by atoms with Crippen LogP contribution in [0.3, 0.4) is 0 Å². The van der Waals surface area contributed by atoms with E-state index < -0.39 is 18.1 Å². The van der Waals surface area contributed by atoms with Gasteiger partial charge < -0.3 is 20.1 Å². The SMILES string of the molecule is CC(/C=C/C(C)=C/C1Cc2nc(cs2)CCCC(N)C(=O)OCC/C(C)=C/C=C\C(=O)O1)=C\CN(C)C. The van der Waals surface area contributed by atoms with Crippen LogP contribution in [0.5, 0.6) is 0 Å². The highest BCUT2D eigenvalue weighted by Gasteiger charge is 2.17. The molecule has 0 spiro atoms. The number of nitrogens with zero attached hydrogens (tertiary/aromatic N) is 2. The molecular weight excluding hydrogens is 486 g/mol. The maximum absolute atomic E-state index is 12.6. The minimum Gasteiger partial charge on any atom is -0.464 e. The summed E-state index contributed by atoms with van der Waals surface area (Å²) in [6.07, 6.45) is 15.7. The molecule has 0 amide bonds. The average Bonchev–Trinajstić information content (AvgIpc) is 3.27. The van der Waals surface area contributed by atoms with Crippen LogP contribution in [-0.2, 0) is 31.9 Å². The lowest BCUT2D eigenvalue weighted by atomic mass is 10.1. The standard InChI is InChI=1S/C29H41N3O4S/c1-21-8-6-11-28(33)36-25(18-23(3)13-12-22(2)14-16-32(4)5)19-27-31-24(20-37-27)9-7-10-26(30)29(34)35-17-15-21/h6,8,11-14,18,20,25-26H,7,9-10,15-17,19,30H2,1-5H3/b11-6-,13-12+,21-8+,22-14+,23-18+. The second-order valence-corrected chi connectivity index (χ2v) is 10.6. The fourth-order valence-electron chi connectivity index (χ4n) is 3.47. The fourth-order valence-corrected chi connectivity index (χ4v) is 4.35. The normalized spacial score (nSPS) is 24.0. The number of hydrogen-bond acceptors (Lipinski definition) is 8. The largest absolute Gasteiger partial charge is 0.464 e. The molecule has 1 aromatic rings. The van der Waals surface area contributed by atoms with E-state index in [1.807, 2.05) is 51.6 Å². The Morgan fingerprint density at radius 2 is 1.97 bits per heavy atom. The van der Waals surface area contributed by atoms with Crippen molar-refractivity contribution >= 4 is 23.3 Å². The second-order valence-electron chi connectivity index (χ2n) is 9.65. The van der Waals surface area contributed by atoms with Gasteiger partial charge in [0.05, 0.1) is 17.3 Å². The van der Waals surface area contributed by atoms with Crippen molar-refractivity contribution in [1.82, 2.24) is 9.88 Å². The minimum absolute atomic E-state index is 0.256. The number of thiazole rings is 1. The van der Waals surface area contributed by atoms with Crippen LogP contribution in [0.1, 0.15) is 50.7 Å². The number of esters is 2. The molecule has 2 N–H and O–H groups in total. The molecule has 0 radical (unpaired) electrons. The van der Waals surface area contributed by atoms with Crippen LogP contribution >= 0.6 is 11.3 Å². The second kappa shape index (κ2) is 16.1. The van der Waals surface area contributed by atoms with Crippen molar-refractivity contribution < 1.29 is 19.1 Å². The molecule has 0 saturated carbocycles. The van der Waals surface area contributed by atoms with Crippen molar-refractivity contribution in [2.45, 2.75) is 65.0 Å². The first-order valence-corrected chi connectivity index (χ1v) is 13.6. The summed E-state index contributed by atoms with van der Waals surface area (Å²) in [6.45, 7) is 7.12. The lowest BCUT2D eigenvalue weighted by Gasteiger charge is -2.13. The minimum atomic E-state index is -0.637. The molecule has 202 valence electrons. The van der Waals surface area contributed by atoms with Crippen molar-refractivity contribution in [3.8, 4) is 0 Å². The number of cyclic esters (lactones) is 2. The number of aryl methyl sites for hydroxylation is 1. The summed E-state index contributed by atoms with van der Waals surface area (Å²) in [6, 6.07) is -0.637. The van der Waals surface area contributed by atoms with Crippen LogP contribution < -0.4 is 5.73 Å². The number of rotatable bonds is 5. The molecule has 0 fully saturated rings. The van der Waals surface area contributed by atoms with Gasteiger partial charge in [0.25, 0.3) is 0 Å². The van der Waals surface area contributed by atoms with Crippen LogP contribution in [0.25, 0.3) is 0 Å². The number of carbonyl (C=O) groups excluding carboxylic acids is 2. The number of fused-ring (bicyclic) bond motifs is 2. The van der Waals surface area contributed by atoms with Crippen molar-refractivity contribution in [2.24, 2.45) is 5.73 Å². The highest BCUT2D eigenvalue weighted by Crippen LogP contribution is 2.18. The first kappa shape index (κ1) is 30.4. The molecule has 2 rings (SSSR count). The van der Waals surface area contributed by atoms with E-state index >= 15 is 0 Å². The predicted molar refractivity (Wildman–Crippen MR) is 150 cm³/mol. The Balaban J connectivity index is 2.21. The zero-order valence-corrected chi connectivity index (χ0v) is 23.6. The van der Waals surface area contributed by atoms with Crippen molar-refractivity contribution in [3.05, 3.63) is 75.3 Å². The van der Waals surface area contributed by atoms with Crippen molar-refractivity contribution in [1.29, 1.82) is 0 Å². The van der Waals surface area contributed by atoms with Crippen LogP contribution in [0, 0.1) is 0 Å². The van der Waals surface area contributed by atoms with Gasteiger partial charge in [-0.2, -0.15) is 0 Å². The zero-order valence-electron chi connectivity index (χ0n) is 22.7. The van der Waals surface area contributed by atoms with Crippen molar-refractivity contribution in [2.75, 3.05) is 27.2 Å². The molecule has 37 heavy (non-hydrogen) atoms. The molecule has 8 heteroatoms. The molecule has 2 atom stereocenters. The van der Waals surface area contributed by atoms with E-state index in [0.29, 0.717) is 19.3 Å². The Kier molecular flexibility index (Phi) is 13.3. The quantitative estimate of drug-likeness (QED) is 0.438. The highest BCUT2D eigenvalue weighted by atomic mass is 32.1. The number of hydrogen-bond donors (Lipinski definition) is 1. The third kappa shape index (κ3) is 12.8. The Hall–Kier alpha value is -2.81. The average molecular weight is 528 g/mol. The maximum atomic E-state index is 12.6. The van der Waals surface area contributed by atoms with E-state index in [-0.39, 0.29) is 12.6 Å². The van der Waals surface area contributed by atoms with E-state index in [1.165, 1.54) is 11.6 Å². The molecule has 2 unspecified atom stereocenters. The van der Waals surface area contributed by atoms with Gasteiger partial charge >= 0.3 is 11.9 Å². The molecule has 0 aromatic carbocycles. The van der Waals surface area contributed by atoms with E-state index in [9.17, 15) is 9.59 Å². The van der Waals surface area contributed by atoms with Crippen LogP contribution in [0.4, 0.5) is 0 Å². The number of allylic oxidation sites excluding steroid dienone is 6. The first-order valence-electron chi connectivity index (χ1n) is 12.7. The monoisotopic (exact) mass is 527 g/mol. The number of ether oxygens (including phenoxy) is 2. The molecule has 2 heterocycles. The Bertz CT molecular complexity index is 1050. The Labute approximate surface area is 225 Å². The van der Waals surface area contributed by atoms with Gasteiger partial charge in [0.1, 0.15) is 12.1 Å². The van der Waals surface area contributed by atoms with E-state index in [4.69, 9.17) is 20.2 Å². The van der Waals surface area contributed by atoms with Gasteiger partial charge in [-0.1, -0.05) is 47.1 Å². The molecule has 2 bridgehead atoms. The summed E-state index contributed by atoms with van der Waals surface area (Å²) in [7, 11) is 4.07. The predicted octanol–water partition coefficient (Wildman–Crippen LogP) is 4.71. The summed E-state index contributed by atoms with van der Waals surface area (Å²) in [5.41, 5.74) is 10.1. The Morgan fingerprint density at radius 3 is 2.73 bits per heavy atom. The summed E-state index contributed by atoms with van der Waals surface area (Å²) in [5.74, 6) is -0.803. The molecule has 7 nitrogen and oxygen atoms in total. The maximum Gasteiger partial charge on any atom is 0.331 e. The molecule has 1 aliphatic rings. The van der Waals surface area contributed by atoms with Gasteiger partial charge in [0, 0.05) is 30.8 Å². The van der Waals surface area contributed by atoms with E-state index in [2.05, 4.69) is 24.0 Å². The smallest absolute Gasteiger partial charge is 0.331 e. The molecule has 1 aromatic heterocycles. The Morgan fingerprint density at radius 1 is 1.22 bits per heavy atom. The van der Waals surface area contributed by atoms with E-state index in [0.717, 1.165) is 41.2 Å². The van der Waals surface area contributed by atoms with Crippen LogP contribution in [0.15, 0.2) is 64.6 Å². The van der Waals surface area contributed by atoms with Gasteiger partial charge in [-0.3, -0.25) is 4.79 Å². The third-order valence-electron chi connectivity index (χ3n) is 5.68. The summed E-state index contributed by atoms with van der Waals surface area (Å²) in [5, 5.41) is 2.91. The highest BCUT2D eigenvalue weighted by molar-refractivity contribution is 7.09. The third-order valence-corrected chi connectivity index (χ3v) is 6.60. The lowest BCUT2D eigenvalue weighted by Crippen LogP contribution is -2.32. The molecular formula is C29H41N3O4S. The molecule has 1 aliphatic heterocycles. The van der Waals surface area contributed by atoms with Gasteiger partial charge in [0.2, 0.25) is 0 Å². The first-order chi connectivity index (χ1) is 17.6. The summed E-state index contributed by atoms with van der Waals surface area (Å²) >= 11 is 1.55. The van der Waals surface area contributed by atoms with Crippen molar-refractivity contribution in [3.63, 3.8) is 0 Å². The number of aromatic nitrogens is 1. The van der Waals surface area contributed by atoms with Gasteiger partial charge in [0.15, 0.2) is 0 Å². The topological polar surface area (TPSA) is 94.8 Å². The number of likely N-dealkylation sites (N-methyl/N-ethyl adjacent to an activating group) is 1.